The van der Waals surface area contributed by atoms with Gasteiger partial charge in [-0.15, -0.1) is 11.8 Å². The van der Waals surface area contributed by atoms with Crippen molar-refractivity contribution in [1.82, 2.24) is 4.98 Å². The second-order valence-corrected chi connectivity index (χ2v) is 6.18. The number of fused-ring (bicyclic) bond motifs is 1. The van der Waals surface area contributed by atoms with Crippen LogP contribution in [0.15, 0.2) is 65.8 Å². The van der Waals surface area contributed by atoms with Gasteiger partial charge in [0, 0.05) is 34.0 Å². The van der Waals surface area contributed by atoms with Crippen LogP contribution in [0.25, 0.3) is 10.8 Å². The SMILES string of the molecule is Cc1ccc(SCC(O)c2cncc3ccccc23)cc1. The Morgan fingerprint density at radius 1 is 1.05 bits per heavy atom. The fourth-order valence-electron chi connectivity index (χ4n) is 2.30. The van der Waals surface area contributed by atoms with Crippen LogP contribution in [0, 0.1) is 6.92 Å². The molecule has 1 atom stereocenters. The Morgan fingerprint density at radius 2 is 1.81 bits per heavy atom. The van der Waals surface area contributed by atoms with Crippen LogP contribution in [0.3, 0.4) is 0 Å². The largest absolute Gasteiger partial charge is 0.387 e. The van der Waals surface area contributed by atoms with Crippen molar-refractivity contribution in [2.24, 2.45) is 0 Å². The molecule has 1 aromatic heterocycles. The Morgan fingerprint density at radius 3 is 2.62 bits per heavy atom. The van der Waals surface area contributed by atoms with Crippen LogP contribution in [-0.4, -0.2) is 15.8 Å². The van der Waals surface area contributed by atoms with Crippen molar-refractivity contribution in [2.75, 3.05) is 5.75 Å². The van der Waals surface area contributed by atoms with E-state index in [0.717, 1.165) is 16.3 Å². The molecule has 106 valence electrons. The summed E-state index contributed by atoms with van der Waals surface area (Å²) in [7, 11) is 0. The lowest BCUT2D eigenvalue weighted by Crippen LogP contribution is -2.02. The van der Waals surface area contributed by atoms with E-state index >= 15 is 0 Å². The summed E-state index contributed by atoms with van der Waals surface area (Å²) in [4.78, 5) is 5.41. The molecule has 0 saturated carbocycles. The molecule has 3 aromatic rings. The van der Waals surface area contributed by atoms with E-state index in [1.165, 1.54) is 10.5 Å². The third-order valence-electron chi connectivity index (χ3n) is 3.49. The molecule has 21 heavy (non-hydrogen) atoms. The molecule has 2 aromatic carbocycles. The Labute approximate surface area is 128 Å². The van der Waals surface area contributed by atoms with Crippen LogP contribution in [0.1, 0.15) is 17.2 Å². The number of hydrogen-bond donors (Lipinski definition) is 1. The van der Waals surface area contributed by atoms with E-state index in [4.69, 9.17) is 0 Å². The van der Waals surface area contributed by atoms with Crippen molar-refractivity contribution in [1.29, 1.82) is 0 Å². The van der Waals surface area contributed by atoms with Crippen molar-refractivity contribution in [2.45, 2.75) is 17.9 Å². The van der Waals surface area contributed by atoms with Gasteiger partial charge in [-0.3, -0.25) is 4.98 Å². The van der Waals surface area contributed by atoms with Gasteiger partial charge in [-0.2, -0.15) is 0 Å². The highest BCUT2D eigenvalue weighted by atomic mass is 32.2. The van der Waals surface area contributed by atoms with E-state index < -0.39 is 6.10 Å². The molecule has 1 heterocycles. The summed E-state index contributed by atoms with van der Waals surface area (Å²) in [5.74, 6) is 0.624. The average Bonchev–Trinajstić information content (AvgIpc) is 2.53. The minimum Gasteiger partial charge on any atom is -0.387 e. The number of nitrogens with zero attached hydrogens (tertiary/aromatic N) is 1. The summed E-state index contributed by atoms with van der Waals surface area (Å²) < 4.78 is 0. The van der Waals surface area contributed by atoms with Gasteiger partial charge < -0.3 is 5.11 Å². The number of pyridine rings is 1. The molecule has 1 N–H and O–H groups in total. The molecule has 0 spiro atoms. The van der Waals surface area contributed by atoms with Crippen molar-refractivity contribution in [3.05, 3.63) is 72.1 Å². The van der Waals surface area contributed by atoms with Crippen molar-refractivity contribution in [3.63, 3.8) is 0 Å². The molecule has 2 nitrogen and oxygen atoms in total. The number of rotatable bonds is 4. The van der Waals surface area contributed by atoms with Gasteiger partial charge in [0.15, 0.2) is 0 Å². The Hall–Kier alpha value is -1.84. The van der Waals surface area contributed by atoms with Crippen LogP contribution in [0.2, 0.25) is 0 Å². The van der Waals surface area contributed by atoms with Crippen LogP contribution >= 0.6 is 11.8 Å². The molecule has 0 aliphatic heterocycles. The topological polar surface area (TPSA) is 33.1 Å². The summed E-state index contributed by atoms with van der Waals surface area (Å²) in [5.41, 5.74) is 2.14. The number of thioether (sulfide) groups is 1. The Bertz CT molecular complexity index is 734. The van der Waals surface area contributed by atoms with E-state index in [9.17, 15) is 5.11 Å². The lowest BCUT2D eigenvalue weighted by Gasteiger charge is -2.13. The van der Waals surface area contributed by atoms with Gasteiger partial charge in [-0.1, -0.05) is 42.0 Å². The first-order valence-electron chi connectivity index (χ1n) is 6.94. The van der Waals surface area contributed by atoms with Crippen molar-refractivity contribution >= 4 is 22.5 Å². The zero-order valence-electron chi connectivity index (χ0n) is 11.9. The number of aliphatic hydroxyl groups is 1. The molecule has 0 aliphatic carbocycles. The minimum atomic E-state index is -0.519. The highest BCUT2D eigenvalue weighted by Crippen LogP contribution is 2.28. The van der Waals surface area contributed by atoms with Crippen molar-refractivity contribution in [3.8, 4) is 0 Å². The second-order valence-electron chi connectivity index (χ2n) is 5.09. The van der Waals surface area contributed by atoms with E-state index in [1.54, 1.807) is 18.0 Å². The van der Waals surface area contributed by atoms with Gasteiger partial charge in [0.1, 0.15) is 0 Å². The zero-order chi connectivity index (χ0) is 14.7. The normalized spacial score (nSPS) is 12.5. The molecule has 3 heteroatoms. The molecular formula is C18H17NOS. The van der Waals surface area contributed by atoms with E-state index in [1.807, 2.05) is 30.5 Å². The lowest BCUT2D eigenvalue weighted by molar-refractivity contribution is 0.205. The molecule has 3 rings (SSSR count). The molecule has 0 fully saturated rings. The maximum absolute atomic E-state index is 10.5. The first-order chi connectivity index (χ1) is 10.2. The Balaban J connectivity index is 1.78. The van der Waals surface area contributed by atoms with Crippen LogP contribution in [0.4, 0.5) is 0 Å². The quantitative estimate of drug-likeness (QED) is 0.726. The fraction of sp³-hybridized carbons (Fsp3) is 0.167. The monoisotopic (exact) mass is 295 g/mol. The third-order valence-corrected chi connectivity index (χ3v) is 4.57. The van der Waals surface area contributed by atoms with Gasteiger partial charge in [0.2, 0.25) is 0 Å². The standard InChI is InChI=1S/C18H17NOS/c1-13-6-8-15(9-7-13)21-12-18(20)17-11-19-10-14-4-2-3-5-16(14)17/h2-11,18,20H,12H2,1H3. The summed E-state index contributed by atoms with van der Waals surface area (Å²) in [5, 5.41) is 12.6. The summed E-state index contributed by atoms with van der Waals surface area (Å²) in [6.45, 7) is 2.07. The van der Waals surface area contributed by atoms with E-state index in [-0.39, 0.29) is 0 Å². The Kier molecular flexibility index (Phi) is 4.23. The number of hydrogen-bond acceptors (Lipinski definition) is 3. The minimum absolute atomic E-state index is 0.519. The smallest absolute Gasteiger partial charge is 0.0904 e. The van der Waals surface area contributed by atoms with Gasteiger partial charge in [-0.05, 0) is 24.4 Å². The fourth-order valence-corrected chi connectivity index (χ4v) is 3.16. The third kappa shape index (κ3) is 3.26. The lowest BCUT2D eigenvalue weighted by atomic mass is 10.0. The van der Waals surface area contributed by atoms with E-state index in [2.05, 4.69) is 36.2 Å². The second kappa shape index (κ2) is 6.29. The molecule has 0 radical (unpaired) electrons. The highest BCUT2D eigenvalue weighted by Gasteiger charge is 2.12. The van der Waals surface area contributed by atoms with Crippen molar-refractivity contribution < 1.29 is 5.11 Å². The molecule has 0 saturated heterocycles. The summed E-state index contributed by atoms with van der Waals surface area (Å²) in [6, 6.07) is 16.4. The molecule has 0 bridgehead atoms. The van der Waals surface area contributed by atoms with Crippen LogP contribution < -0.4 is 0 Å². The number of benzene rings is 2. The van der Waals surface area contributed by atoms with Gasteiger partial charge in [-0.25, -0.2) is 0 Å². The molecule has 0 amide bonds. The van der Waals surface area contributed by atoms with E-state index in [0.29, 0.717) is 5.75 Å². The van der Waals surface area contributed by atoms with Gasteiger partial charge in [0.05, 0.1) is 6.10 Å². The van der Waals surface area contributed by atoms with Gasteiger partial charge in [0.25, 0.3) is 0 Å². The summed E-state index contributed by atoms with van der Waals surface area (Å²) >= 11 is 1.66. The predicted molar refractivity (Wildman–Crippen MR) is 88.6 cm³/mol. The predicted octanol–water partition coefficient (Wildman–Crippen LogP) is 4.37. The molecule has 0 aliphatic rings. The average molecular weight is 295 g/mol. The maximum atomic E-state index is 10.5. The first kappa shape index (κ1) is 14.1. The number of aromatic nitrogens is 1. The number of aryl methyl sites for hydroxylation is 1. The van der Waals surface area contributed by atoms with Gasteiger partial charge >= 0.3 is 0 Å². The summed E-state index contributed by atoms with van der Waals surface area (Å²) in [6.07, 6.45) is 3.08. The zero-order valence-corrected chi connectivity index (χ0v) is 12.7. The van der Waals surface area contributed by atoms with Crippen LogP contribution in [-0.2, 0) is 0 Å². The van der Waals surface area contributed by atoms with Crippen LogP contribution in [0.5, 0.6) is 0 Å². The number of aliphatic hydroxyl groups excluding tert-OH is 1. The highest BCUT2D eigenvalue weighted by molar-refractivity contribution is 7.99. The molecular weight excluding hydrogens is 278 g/mol. The molecule has 1 unspecified atom stereocenters. The first-order valence-corrected chi connectivity index (χ1v) is 7.93. The maximum Gasteiger partial charge on any atom is 0.0904 e.